The fraction of sp³-hybridized carbons (Fsp3) is 0.625. The largest absolute Gasteiger partial charge is 0.497 e. The molecule has 19 heavy (non-hydrogen) atoms. The first-order valence-electron chi connectivity index (χ1n) is 7.24. The van der Waals surface area contributed by atoms with Crippen LogP contribution in [0.1, 0.15) is 44.2 Å². The summed E-state index contributed by atoms with van der Waals surface area (Å²) in [7, 11) is 1.70. The summed E-state index contributed by atoms with van der Waals surface area (Å²) in [6.45, 7) is 3.22. The van der Waals surface area contributed by atoms with E-state index in [0.717, 1.165) is 38.0 Å². The quantitative estimate of drug-likeness (QED) is 0.858. The number of aliphatic hydroxyl groups is 1. The molecule has 0 radical (unpaired) electrons. The van der Waals surface area contributed by atoms with Crippen molar-refractivity contribution in [2.24, 2.45) is 5.92 Å². The Morgan fingerprint density at radius 1 is 1.32 bits per heavy atom. The van der Waals surface area contributed by atoms with Crippen molar-refractivity contribution in [1.82, 2.24) is 5.32 Å². The Hall–Kier alpha value is -1.06. The molecule has 1 aromatic rings. The van der Waals surface area contributed by atoms with Crippen molar-refractivity contribution in [3.63, 3.8) is 0 Å². The van der Waals surface area contributed by atoms with Crippen LogP contribution in [-0.4, -0.2) is 24.9 Å². The van der Waals surface area contributed by atoms with Gasteiger partial charge in [0, 0.05) is 6.04 Å². The van der Waals surface area contributed by atoms with E-state index < -0.39 is 0 Å². The molecule has 0 aromatic heterocycles. The predicted molar refractivity (Wildman–Crippen MR) is 77.4 cm³/mol. The molecule has 1 aliphatic carbocycles. The van der Waals surface area contributed by atoms with Crippen LogP contribution in [0.2, 0.25) is 0 Å². The van der Waals surface area contributed by atoms with Gasteiger partial charge in [-0.2, -0.15) is 0 Å². The van der Waals surface area contributed by atoms with E-state index in [9.17, 15) is 5.11 Å². The van der Waals surface area contributed by atoms with Crippen LogP contribution in [0, 0.1) is 5.92 Å². The van der Waals surface area contributed by atoms with Crippen molar-refractivity contribution in [3.8, 4) is 5.75 Å². The Morgan fingerprint density at radius 3 is 2.74 bits per heavy atom. The molecule has 0 aliphatic heterocycles. The molecule has 1 saturated carbocycles. The van der Waals surface area contributed by atoms with E-state index in [4.69, 9.17) is 4.74 Å². The number of benzene rings is 1. The first-order chi connectivity index (χ1) is 9.19. The van der Waals surface area contributed by atoms with E-state index in [2.05, 4.69) is 24.4 Å². The zero-order valence-electron chi connectivity index (χ0n) is 11.9. The maximum Gasteiger partial charge on any atom is 0.119 e. The number of rotatable bonds is 5. The summed E-state index contributed by atoms with van der Waals surface area (Å²) in [5, 5.41) is 13.1. The van der Waals surface area contributed by atoms with Crippen LogP contribution in [0.3, 0.4) is 0 Å². The van der Waals surface area contributed by atoms with Gasteiger partial charge in [-0.1, -0.05) is 12.1 Å². The summed E-state index contributed by atoms with van der Waals surface area (Å²) in [6.07, 6.45) is 4.13. The minimum Gasteiger partial charge on any atom is -0.497 e. The molecule has 1 aromatic carbocycles. The van der Waals surface area contributed by atoms with Crippen LogP contribution < -0.4 is 10.1 Å². The van der Waals surface area contributed by atoms with Gasteiger partial charge in [-0.3, -0.25) is 0 Å². The molecule has 0 heterocycles. The summed E-state index contributed by atoms with van der Waals surface area (Å²) in [6, 6.07) is 8.55. The standard InChI is InChI=1S/C16H25NO2/c1-12(14-4-3-5-16(10-14)19-2)17-11-13-6-8-15(18)9-7-13/h3-5,10,12-13,15,17-18H,6-9,11H2,1-2H3. The third-order valence-electron chi connectivity index (χ3n) is 4.12. The molecule has 0 saturated heterocycles. The molecule has 1 fully saturated rings. The zero-order chi connectivity index (χ0) is 13.7. The third kappa shape index (κ3) is 4.22. The number of aliphatic hydroxyl groups excluding tert-OH is 1. The average Bonchev–Trinajstić information content (AvgIpc) is 2.46. The summed E-state index contributed by atoms with van der Waals surface area (Å²) in [5.41, 5.74) is 1.26. The van der Waals surface area contributed by atoms with Gasteiger partial charge in [0.2, 0.25) is 0 Å². The molecule has 0 spiro atoms. The van der Waals surface area contributed by atoms with Gasteiger partial charge < -0.3 is 15.2 Å². The van der Waals surface area contributed by atoms with E-state index in [-0.39, 0.29) is 6.10 Å². The van der Waals surface area contributed by atoms with Crippen molar-refractivity contribution in [2.75, 3.05) is 13.7 Å². The van der Waals surface area contributed by atoms with Crippen LogP contribution in [0.25, 0.3) is 0 Å². The fourth-order valence-electron chi connectivity index (χ4n) is 2.72. The lowest BCUT2D eigenvalue weighted by Gasteiger charge is -2.27. The van der Waals surface area contributed by atoms with Crippen LogP contribution >= 0.6 is 0 Å². The summed E-state index contributed by atoms with van der Waals surface area (Å²) in [5.74, 6) is 1.61. The van der Waals surface area contributed by atoms with Gasteiger partial charge >= 0.3 is 0 Å². The van der Waals surface area contributed by atoms with Gasteiger partial charge in [0.1, 0.15) is 5.75 Å². The predicted octanol–water partition coefficient (Wildman–Crippen LogP) is 2.90. The van der Waals surface area contributed by atoms with E-state index in [1.54, 1.807) is 7.11 Å². The van der Waals surface area contributed by atoms with E-state index in [0.29, 0.717) is 12.0 Å². The Morgan fingerprint density at radius 2 is 2.05 bits per heavy atom. The highest BCUT2D eigenvalue weighted by Gasteiger charge is 2.19. The lowest BCUT2D eigenvalue weighted by atomic mass is 9.87. The van der Waals surface area contributed by atoms with Gasteiger partial charge in [0.25, 0.3) is 0 Å². The summed E-state index contributed by atoms with van der Waals surface area (Å²) < 4.78 is 5.26. The molecule has 3 nitrogen and oxygen atoms in total. The molecule has 1 atom stereocenters. The second-order valence-electron chi connectivity index (χ2n) is 5.58. The summed E-state index contributed by atoms with van der Waals surface area (Å²) in [4.78, 5) is 0. The van der Waals surface area contributed by atoms with Gasteiger partial charge in [0.15, 0.2) is 0 Å². The highest BCUT2D eigenvalue weighted by atomic mass is 16.5. The minimum absolute atomic E-state index is 0.0629. The first-order valence-corrected chi connectivity index (χ1v) is 7.24. The fourth-order valence-corrected chi connectivity index (χ4v) is 2.72. The van der Waals surface area contributed by atoms with Gasteiger partial charge in [0.05, 0.1) is 13.2 Å². The molecule has 2 N–H and O–H groups in total. The van der Waals surface area contributed by atoms with Crippen LogP contribution in [-0.2, 0) is 0 Å². The molecule has 0 amide bonds. The van der Waals surface area contributed by atoms with E-state index >= 15 is 0 Å². The second kappa shape index (κ2) is 6.92. The normalized spacial score (nSPS) is 25.0. The highest BCUT2D eigenvalue weighted by molar-refractivity contribution is 5.30. The molecule has 106 valence electrons. The highest BCUT2D eigenvalue weighted by Crippen LogP contribution is 2.25. The smallest absolute Gasteiger partial charge is 0.119 e. The van der Waals surface area contributed by atoms with Crippen molar-refractivity contribution in [1.29, 1.82) is 0 Å². The number of methoxy groups -OCH3 is 1. The second-order valence-corrected chi connectivity index (χ2v) is 5.58. The molecule has 3 heteroatoms. The number of hydrogen-bond acceptors (Lipinski definition) is 3. The molecule has 1 aliphatic rings. The molecule has 0 bridgehead atoms. The van der Waals surface area contributed by atoms with Crippen LogP contribution in [0.5, 0.6) is 5.75 Å². The van der Waals surface area contributed by atoms with E-state index in [1.807, 2.05) is 12.1 Å². The van der Waals surface area contributed by atoms with Gasteiger partial charge in [-0.15, -0.1) is 0 Å². The Kier molecular flexibility index (Phi) is 5.23. The Bertz CT molecular complexity index is 386. The van der Waals surface area contributed by atoms with Crippen molar-refractivity contribution >= 4 is 0 Å². The van der Waals surface area contributed by atoms with Crippen LogP contribution in [0.4, 0.5) is 0 Å². The lowest BCUT2D eigenvalue weighted by Crippen LogP contribution is -2.29. The number of nitrogens with one attached hydrogen (secondary N) is 1. The number of ether oxygens (including phenoxy) is 1. The molecule has 1 unspecified atom stereocenters. The SMILES string of the molecule is COc1cccc(C(C)NCC2CCC(O)CC2)c1. The van der Waals surface area contributed by atoms with Crippen molar-refractivity contribution in [3.05, 3.63) is 29.8 Å². The zero-order valence-corrected chi connectivity index (χ0v) is 11.9. The Labute approximate surface area is 116 Å². The Balaban J connectivity index is 1.81. The molecule has 2 rings (SSSR count). The topological polar surface area (TPSA) is 41.5 Å². The first kappa shape index (κ1) is 14.4. The van der Waals surface area contributed by atoms with Crippen LogP contribution in [0.15, 0.2) is 24.3 Å². The lowest BCUT2D eigenvalue weighted by molar-refractivity contribution is 0.108. The average molecular weight is 263 g/mol. The summed E-state index contributed by atoms with van der Waals surface area (Å²) >= 11 is 0. The van der Waals surface area contributed by atoms with Crippen molar-refractivity contribution in [2.45, 2.75) is 44.8 Å². The maximum absolute atomic E-state index is 9.51. The van der Waals surface area contributed by atoms with Crippen molar-refractivity contribution < 1.29 is 9.84 Å². The van der Waals surface area contributed by atoms with Gasteiger partial charge in [-0.05, 0) is 62.8 Å². The maximum atomic E-state index is 9.51. The third-order valence-corrected chi connectivity index (χ3v) is 4.12. The van der Waals surface area contributed by atoms with Gasteiger partial charge in [-0.25, -0.2) is 0 Å². The molecular weight excluding hydrogens is 238 g/mol. The number of hydrogen-bond donors (Lipinski definition) is 2. The molecular formula is C16H25NO2. The van der Waals surface area contributed by atoms with E-state index in [1.165, 1.54) is 5.56 Å². The minimum atomic E-state index is -0.0629. The monoisotopic (exact) mass is 263 g/mol.